The summed E-state index contributed by atoms with van der Waals surface area (Å²) in [7, 11) is 0. The molecule has 2 rings (SSSR count). The molecule has 132 valence electrons. The number of hydrogen-bond donors (Lipinski definition) is 4. The van der Waals surface area contributed by atoms with Crippen molar-refractivity contribution in [3.05, 3.63) is 29.8 Å². The van der Waals surface area contributed by atoms with Crippen molar-refractivity contribution in [3.63, 3.8) is 0 Å². The molecule has 0 atom stereocenters. The minimum absolute atomic E-state index is 0.0688. The maximum Gasteiger partial charge on any atom is 0.319 e. The van der Waals surface area contributed by atoms with E-state index in [1.165, 1.54) is 0 Å². The number of benzene rings is 1. The van der Waals surface area contributed by atoms with Gasteiger partial charge in [-0.2, -0.15) is 0 Å². The fraction of sp³-hybridized carbons (Fsp3) is 0.556. The van der Waals surface area contributed by atoms with Crippen LogP contribution in [0.2, 0.25) is 0 Å². The second-order valence-corrected chi connectivity index (χ2v) is 6.85. The lowest BCUT2D eigenvalue weighted by atomic mass is 9.82. The highest BCUT2D eigenvalue weighted by Crippen LogP contribution is 2.26. The number of carbonyl (C=O) groups excluding carboxylic acids is 2. The van der Waals surface area contributed by atoms with Gasteiger partial charge < -0.3 is 21.7 Å². The summed E-state index contributed by atoms with van der Waals surface area (Å²) in [5, 5.41) is 8.46. The standard InChI is InChI=1S/C18H28N4O2/c1-13(2)21-17(24)22-15-8-6-14(7-9-15)12-20-16(23)18(19)10-4-3-5-11-18/h6-9,13H,3-5,10-12,19H2,1-2H3,(H,20,23)(H2,21,22,24). The van der Waals surface area contributed by atoms with Gasteiger partial charge in [-0.1, -0.05) is 31.4 Å². The van der Waals surface area contributed by atoms with E-state index in [9.17, 15) is 9.59 Å². The van der Waals surface area contributed by atoms with Crippen LogP contribution in [0.5, 0.6) is 0 Å². The first-order valence-electron chi connectivity index (χ1n) is 8.63. The van der Waals surface area contributed by atoms with Gasteiger partial charge in [0.05, 0.1) is 5.54 Å². The van der Waals surface area contributed by atoms with Crippen LogP contribution in [-0.4, -0.2) is 23.5 Å². The molecule has 0 aliphatic heterocycles. The van der Waals surface area contributed by atoms with Gasteiger partial charge in [0.2, 0.25) is 5.91 Å². The van der Waals surface area contributed by atoms with Gasteiger partial charge in [-0.3, -0.25) is 4.79 Å². The van der Waals surface area contributed by atoms with Crippen LogP contribution in [-0.2, 0) is 11.3 Å². The van der Waals surface area contributed by atoms with Crippen molar-refractivity contribution in [2.75, 3.05) is 5.32 Å². The lowest BCUT2D eigenvalue weighted by Crippen LogP contribution is -2.54. The Bertz CT molecular complexity index is 563. The van der Waals surface area contributed by atoms with Crippen molar-refractivity contribution < 1.29 is 9.59 Å². The highest BCUT2D eigenvalue weighted by atomic mass is 16.2. The second-order valence-electron chi connectivity index (χ2n) is 6.85. The van der Waals surface area contributed by atoms with Gasteiger partial charge in [0.25, 0.3) is 0 Å². The summed E-state index contributed by atoms with van der Waals surface area (Å²) in [6.07, 6.45) is 4.70. The van der Waals surface area contributed by atoms with Crippen LogP contribution in [0.1, 0.15) is 51.5 Å². The fourth-order valence-corrected chi connectivity index (χ4v) is 2.90. The first-order valence-corrected chi connectivity index (χ1v) is 8.63. The van der Waals surface area contributed by atoms with Crippen molar-refractivity contribution in [2.45, 2.75) is 64.1 Å². The minimum Gasteiger partial charge on any atom is -0.350 e. The molecule has 0 saturated heterocycles. The summed E-state index contributed by atoms with van der Waals surface area (Å²) in [6.45, 7) is 4.25. The van der Waals surface area contributed by atoms with Crippen LogP contribution < -0.4 is 21.7 Å². The van der Waals surface area contributed by atoms with Crippen molar-refractivity contribution in [1.29, 1.82) is 0 Å². The fourth-order valence-electron chi connectivity index (χ4n) is 2.90. The Morgan fingerprint density at radius 3 is 2.33 bits per heavy atom. The van der Waals surface area contributed by atoms with Crippen molar-refractivity contribution in [2.24, 2.45) is 5.73 Å². The number of hydrogen-bond acceptors (Lipinski definition) is 3. The van der Waals surface area contributed by atoms with E-state index in [0.717, 1.165) is 37.7 Å². The number of rotatable bonds is 5. The van der Waals surface area contributed by atoms with E-state index in [-0.39, 0.29) is 18.0 Å². The molecule has 1 aromatic rings. The summed E-state index contributed by atoms with van der Waals surface area (Å²) in [4.78, 5) is 23.9. The Labute approximate surface area is 143 Å². The van der Waals surface area contributed by atoms with Crippen LogP contribution in [0.25, 0.3) is 0 Å². The Balaban J connectivity index is 1.83. The number of carbonyl (C=O) groups is 2. The molecule has 1 aromatic carbocycles. The zero-order valence-corrected chi connectivity index (χ0v) is 14.5. The average Bonchev–Trinajstić information content (AvgIpc) is 2.53. The quantitative estimate of drug-likeness (QED) is 0.667. The summed E-state index contributed by atoms with van der Waals surface area (Å²) >= 11 is 0. The van der Waals surface area contributed by atoms with Gasteiger partial charge in [-0.05, 0) is 44.4 Å². The molecular weight excluding hydrogens is 304 g/mol. The normalized spacial score (nSPS) is 16.5. The summed E-state index contributed by atoms with van der Waals surface area (Å²) in [5.74, 6) is -0.0688. The SMILES string of the molecule is CC(C)NC(=O)Nc1ccc(CNC(=O)C2(N)CCCCC2)cc1. The Kier molecular flexibility index (Phi) is 6.20. The van der Waals surface area contributed by atoms with Gasteiger partial charge in [-0.15, -0.1) is 0 Å². The average molecular weight is 332 g/mol. The maximum atomic E-state index is 12.3. The van der Waals surface area contributed by atoms with E-state index < -0.39 is 5.54 Å². The largest absolute Gasteiger partial charge is 0.350 e. The van der Waals surface area contributed by atoms with E-state index in [4.69, 9.17) is 5.73 Å². The van der Waals surface area contributed by atoms with E-state index in [0.29, 0.717) is 12.2 Å². The highest BCUT2D eigenvalue weighted by Gasteiger charge is 2.34. The molecule has 24 heavy (non-hydrogen) atoms. The molecule has 1 aliphatic carbocycles. The topological polar surface area (TPSA) is 96.2 Å². The number of anilines is 1. The second kappa shape index (κ2) is 8.15. The molecular formula is C18H28N4O2. The maximum absolute atomic E-state index is 12.3. The Morgan fingerprint density at radius 2 is 1.75 bits per heavy atom. The first-order chi connectivity index (χ1) is 11.4. The van der Waals surface area contributed by atoms with Crippen LogP contribution in [0.15, 0.2) is 24.3 Å². The molecule has 5 N–H and O–H groups in total. The molecule has 6 nitrogen and oxygen atoms in total. The Hall–Kier alpha value is -2.08. The van der Waals surface area contributed by atoms with Crippen LogP contribution in [0.3, 0.4) is 0 Å². The van der Waals surface area contributed by atoms with E-state index >= 15 is 0 Å². The van der Waals surface area contributed by atoms with Gasteiger partial charge in [0.15, 0.2) is 0 Å². The van der Waals surface area contributed by atoms with Crippen LogP contribution in [0, 0.1) is 0 Å². The lowest BCUT2D eigenvalue weighted by Gasteiger charge is -2.31. The van der Waals surface area contributed by atoms with E-state index in [1.807, 2.05) is 38.1 Å². The zero-order valence-electron chi connectivity index (χ0n) is 14.5. The van der Waals surface area contributed by atoms with Crippen molar-refractivity contribution in [3.8, 4) is 0 Å². The van der Waals surface area contributed by atoms with E-state index in [2.05, 4.69) is 16.0 Å². The van der Waals surface area contributed by atoms with Gasteiger partial charge in [0.1, 0.15) is 0 Å². The smallest absolute Gasteiger partial charge is 0.319 e. The summed E-state index contributed by atoms with van der Waals surface area (Å²) in [5.41, 5.74) is 7.19. The number of amides is 3. The van der Waals surface area contributed by atoms with Crippen molar-refractivity contribution in [1.82, 2.24) is 10.6 Å². The van der Waals surface area contributed by atoms with Crippen LogP contribution >= 0.6 is 0 Å². The summed E-state index contributed by atoms with van der Waals surface area (Å²) in [6, 6.07) is 7.27. The zero-order chi connectivity index (χ0) is 17.6. The highest BCUT2D eigenvalue weighted by molar-refractivity contribution is 5.89. The molecule has 0 aromatic heterocycles. The summed E-state index contributed by atoms with van der Waals surface area (Å²) < 4.78 is 0. The van der Waals surface area contributed by atoms with Gasteiger partial charge >= 0.3 is 6.03 Å². The van der Waals surface area contributed by atoms with Gasteiger partial charge in [-0.25, -0.2) is 4.79 Å². The number of nitrogens with one attached hydrogen (secondary N) is 3. The monoisotopic (exact) mass is 332 g/mol. The number of nitrogens with two attached hydrogens (primary N) is 1. The molecule has 0 unspecified atom stereocenters. The third-order valence-electron chi connectivity index (χ3n) is 4.28. The molecule has 0 bridgehead atoms. The molecule has 0 radical (unpaired) electrons. The third-order valence-corrected chi connectivity index (χ3v) is 4.28. The van der Waals surface area contributed by atoms with E-state index in [1.54, 1.807) is 0 Å². The minimum atomic E-state index is -0.714. The molecule has 1 fully saturated rings. The molecule has 1 saturated carbocycles. The molecule has 6 heteroatoms. The van der Waals surface area contributed by atoms with Crippen molar-refractivity contribution >= 4 is 17.6 Å². The third kappa shape index (κ3) is 5.23. The predicted octanol–water partition coefficient (Wildman–Crippen LogP) is 2.49. The molecule has 0 spiro atoms. The first kappa shape index (κ1) is 18.3. The number of urea groups is 1. The van der Waals surface area contributed by atoms with Gasteiger partial charge in [0, 0.05) is 18.3 Å². The lowest BCUT2D eigenvalue weighted by molar-refractivity contribution is -0.127. The predicted molar refractivity (Wildman–Crippen MR) is 95.6 cm³/mol. The Morgan fingerprint density at radius 1 is 1.12 bits per heavy atom. The molecule has 1 aliphatic rings. The molecule has 3 amide bonds. The molecule has 0 heterocycles. The van der Waals surface area contributed by atoms with Crippen LogP contribution in [0.4, 0.5) is 10.5 Å².